The molecular formula is C8H13BrN2O. The zero-order valence-corrected chi connectivity index (χ0v) is 8.87. The van der Waals surface area contributed by atoms with Crippen molar-refractivity contribution in [2.75, 3.05) is 0 Å². The van der Waals surface area contributed by atoms with E-state index >= 15 is 0 Å². The van der Waals surface area contributed by atoms with Gasteiger partial charge in [0, 0.05) is 6.54 Å². The van der Waals surface area contributed by atoms with Gasteiger partial charge in [-0.05, 0) is 29.3 Å². The third-order valence-electron chi connectivity index (χ3n) is 1.66. The van der Waals surface area contributed by atoms with Crippen LogP contribution in [0.25, 0.3) is 0 Å². The van der Waals surface area contributed by atoms with Gasteiger partial charge in [0.05, 0.1) is 22.5 Å². The van der Waals surface area contributed by atoms with Crippen LogP contribution in [0, 0.1) is 0 Å². The number of aliphatic hydroxyl groups is 1. The molecular weight excluding hydrogens is 220 g/mol. The third kappa shape index (κ3) is 1.87. The van der Waals surface area contributed by atoms with Crippen LogP contribution in [0.5, 0.6) is 0 Å². The first-order valence-electron chi connectivity index (χ1n) is 4.06. The van der Waals surface area contributed by atoms with E-state index in [1.807, 2.05) is 4.68 Å². The summed E-state index contributed by atoms with van der Waals surface area (Å²) in [7, 11) is 0. The van der Waals surface area contributed by atoms with E-state index in [2.05, 4.69) is 28.0 Å². The molecule has 68 valence electrons. The zero-order chi connectivity index (χ0) is 9.14. The van der Waals surface area contributed by atoms with E-state index in [1.54, 1.807) is 13.1 Å². The minimum Gasteiger partial charge on any atom is -0.387 e. The van der Waals surface area contributed by atoms with Crippen LogP contribution in [-0.4, -0.2) is 14.9 Å². The van der Waals surface area contributed by atoms with Crippen molar-refractivity contribution in [3.8, 4) is 0 Å². The number of aromatic nitrogens is 2. The Kier molecular flexibility index (Phi) is 3.29. The van der Waals surface area contributed by atoms with Crippen molar-refractivity contribution >= 4 is 15.9 Å². The molecule has 1 rings (SSSR count). The fourth-order valence-corrected chi connectivity index (χ4v) is 1.80. The van der Waals surface area contributed by atoms with Gasteiger partial charge in [-0.25, -0.2) is 0 Å². The lowest BCUT2D eigenvalue weighted by molar-refractivity contribution is 0.186. The molecule has 0 spiro atoms. The molecule has 0 radical (unpaired) electrons. The van der Waals surface area contributed by atoms with E-state index in [1.165, 1.54) is 0 Å². The average molecular weight is 233 g/mol. The molecule has 0 aliphatic rings. The van der Waals surface area contributed by atoms with Crippen LogP contribution < -0.4 is 0 Å². The Morgan fingerprint density at radius 2 is 2.42 bits per heavy atom. The number of aryl methyl sites for hydroxylation is 1. The monoisotopic (exact) mass is 232 g/mol. The summed E-state index contributed by atoms with van der Waals surface area (Å²) in [5.41, 5.74) is 0.858. The second-order valence-corrected chi connectivity index (χ2v) is 3.63. The second-order valence-electron chi connectivity index (χ2n) is 2.78. The normalized spacial score (nSPS) is 13.3. The fraction of sp³-hybridized carbons (Fsp3) is 0.625. The molecule has 0 bridgehead atoms. The number of halogens is 1. The Labute approximate surface area is 80.5 Å². The highest BCUT2D eigenvalue weighted by Gasteiger charge is 2.12. The smallest absolute Gasteiger partial charge is 0.0940 e. The largest absolute Gasteiger partial charge is 0.387 e. The SMILES string of the molecule is CCCn1ncc(Br)c1C(C)O. The van der Waals surface area contributed by atoms with Crippen molar-refractivity contribution in [2.24, 2.45) is 0 Å². The molecule has 0 aliphatic carbocycles. The van der Waals surface area contributed by atoms with Crippen LogP contribution in [-0.2, 0) is 6.54 Å². The second kappa shape index (κ2) is 4.05. The molecule has 12 heavy (non-hydrogen) atoms. The predicted octanol–water partition coefficient (Wildman–Crippen LogP) is 2.11. The number of rotatable bonds is 3. The van der Waals surface area contributed by atoms with Crippen LogP contribution in [0.1, 0.15) is 32.1 Å². The van der Waals surface area contributed by atoms with Gasteiger partial charge in [0.15, 0.2) is 0 Å². The molecule has 4 heteroatoms. The zero-order valence-electron chi connectivity index (χ0n) is 7.29. The molecule has 1 atom stereocenters. The predicted molar refractivity (Wildman–Crippen MR) is 50.9 cm³/mol. The van der Waals surface area contributed by atoms with Crippen LogP contribution in [0.15, 0.2) is 10.7 Å². The molecule has 0 aromatic carbocycles. The van der Waals surface area contributed by atoms with Gasteiger partial charge in [-0.1, -0.05) is 6.92 Å². The lowest BCUT2D eigenvalue weighted by Crippen LogP contribution is -2.07. The van der Waals surface area contributed by atoms with Gasteiger partial charge in [0.25, 0.3) is 0 Å². The summed E-state index contributed by atoms with van der Waals surface area (Å²) in [5.74, 6) is 0. The maximum atomic E-state index is 9.41. The molecule has 0 fully saturated rings. The van der Waals surface area contributed by atoms with Gasteiger partial charge in [0.2, 0.25) is 0 Å². The standard InChI is InChI=1S/C8H13BrN2O/c1-3-4-11-8(6(2)12)7(9)5-10-11/h5-6,12H,3-4H2,1-2H3. The lowest BCUT2D eigenvalue weighted by Gasteiger charge is -2.08. The number of aliphatic hydroxyl groups excluding tert-OH is 1. The van der Waals surface area contributed by atoms with Crippen LogP contribution in [0.2, 0.25) is 0 Å². The molecule has 0 amide bonds. The van der Waals surface area contributed by atoms with E-state index in [9.17, 15) is 5.11 Å². The summed E-state index contributed by atoms with van der Waals surface area (Å²) in [4.78, 5) is 0. The van der Waals surface area contributed by atoms with Crippen molar-refractivity contribution in [3.63, 3.8) is 0 Å². The van der Waals surface area contributed by atoms with Crippen molar-refractivity contribution in [3.05, 3.63) is 16.4 Å². The van der Waals surface area contributed by atoms with E-state index in [4.69, 9.17) is 0 Å². The molecule has 0 saturated carbocycles. The maximum absolute atomic E-state index is 9.41. The highest BCUT2D eigenvalue weighted by atomic mass is 79.9. The first kappa shape index (κ1) is 9.74. The number of hydrogen-bond acceptors (Lipinski definition) is 2. The van der Waals surface area contributed by atoms with E-state index in [-0.39, 0.29) is 0 Å². The molecule has 1 unspecified atom stereocenters. The van der Waals surface area contributed by atoms with E-state index < -0.39 is 6.10 Å². The van der Waals surface area contributed by atoms with Crippen LogP contribution in [0.4, 0.5) is 0 Å². The van der Waals surface area contributed by atoms with Crippen LogP contribution in [0.3, 0.4) is 0 Å². The summed E-state index contributed by atoms with van der Waals surface area (Å²) in [5, 5.41) is 13.5. The van der Waals surface area contributed by atoms with Crippen LogP contribution >= 0.6 is 15.9 Å². The molecule has 1 aromatic heterocycles. The summed E-state index contributed by atoms with van der Waals surface area (Å²) in [6, 6.07) is 0. The van der Waals surface area contributed by atoms with Crippen molar-refractivity contribution in [2.45, 2.75) is 32.9 Å². The Balaban J connectivity index is 2.95. The maximum Gasteiger partial charge on any atom is 0.0940 e. The summed E-state index contributed by atoms with van der Waals surface area (Å²) < 4.78 is 2.71. The van der Waals surface area contributed by atoms with Gasteiger partial charge in [-0.3, -0.25) is 4.68 Å². The van der Waals surface area contributed by atoms with Crippen molar-refractivity contribution in [1.29, 1.82) is 0 Å². The quantitative estimate of drug-likeness (QED) is 0.868. The third-order valence-corrected chi connectivity index (χ3v) is 2.28. The molecule has 0 aliphatic heterocycles. The minimum absolute atomic E-state index is 0.464. The summed E-state index contributed by atoms with van der Waals surface area (Å²) in [6.07, 6.45) is 2.28. The summed E-state index contributed by atoms with van der Waals surface area (Å²) >= 11 is 3.34. The highest BCUT2D eigenvalue weighted by Crippen LogP contribution is 2.22. The Morgan fingerprint density at radius 1 is 1.75 bits per heavy atom. The molecule has 1 aromatic rings. The Morgan fingerprint density at radius 3 is 2.92 bits per heavy atom. The van der Waals surface area contributed by atoms with Gasteiger partial charge in [0.1, 0.15) is 0 Å². The molecule has 1 N–H and O–H groups in total. The van der Waals surface area contributed by atoms with Gasteiger partial charge in [-0.15, -0.1) is 0 Å². The first-order valence-corrected chi connectivity index (χ1v) is 4.85. The van der Waals surface area contributed by atoms with Gasteiger partial charge < -0.3 is 5.11 Å². The topological polar surface area (TPSA) is 38.0 Å². The molecule has 3 nitrogen and oxygen atoms in total. The first-order chi connectivity index (χ1) is 5.66. The lowest BCUT2D eigenvalue weighted by atomic mass is 10.3. The molecule has 1 heterocycles. The van der Waals surface area contributed by atoms with Gasteiger partial charge >= 0.3 is 0 Å². The average Bonchev–Trinajstić information content (AvgIpc) is 2.32. The van der Waals surface area contributed by atoms with E-state index in [0.717, 1.165) is 23.1 Å². The van der Waals surface area contributed by atoms with Crippen molar-refractivity contribution in [1.82, 2.24) is 9.78 Å². The van der Waals surface area contributed by atoms with Gasteiger partial charge in [-0.2, -0.15) is 5.10 Å². The number of hydrogen-bond donors (Lipinski definition) is 1. The van der Waals surface area contributed by atoms with Crippen molar-refractivity contribution < 1.29 is 5.11 Å². The summed E-state index contributed by atoms with van der Waals surface area (Å²) in [6.45, 7) is 4.68. The minimum atomic E-state index is -0.464. The number of nitrogens with zero attached hydrogens (tertiary/aromatic N) is 2. The Hall–Kier alpha value is -0.350. The fourth-order valence-electron chi connectivity index (χ4n) is 1.18. The molecule has 0 saturated heterocycles. The van der Waals surface area contributed by atoms with E-state index in [0.29, 0.717) is 0 Å². The highest BCUT2D eigenvalue weighted by molar-refractivity contribution is 9.10. The Bertz CT molecular complexity index is 258.